The topological polar surface area (TPSA) is 21.3 Å². The molecule has 0 atom stereocenters. The van der Waals surface area contributed by atoms with Crippen LogP contribution in [0.1, 0.15) is 60.7 Å². The monoisotopic (exact) mass is 413 g/mol. The lowest BCUT2D eigenvalue weighted by Crippen LogP contribution is -2.21. The Morgan fingerprint density at radius 1 is 1.32 bits per heavy atom. The molecule has 150 valence electrons. The molecule has 0 fully saturated rings. The molecular formula is C24H31NOS2. The quantitative estimate of drug-likeness (QED) is 0.443. The second kappa shape index (κ2) is 7.89. The lowest BCUT2D eigenvalue weighted by atomic mass is 9.75. The molecule has 28 heavy (non-hydrogen) atoms. The van der Waals surface area contributed by atoms with Crippen LogP contribution in [0.15, 0.2) is 24.3 Å². The van der Waals surface area contributed by atoms with E-state index in [0.717, 1.165) is 38.2 Å². The van der Waals surface area contributed by atoms with Gasteiger partial charge in [-0.3, -0.25) is 4.72 Å². The molecule has 0 spiro atoms. The third-order valence-corrected chi connectivity index (χ3v) is 7.54. The van der Waals surface area contributed by atoms with Crippen LogP contribution >= 0.6 is 24.2 Å². The number of thiol groups is 1. The SMILES string of the molecule is C=C(C)Cc1c(-c2cc3c(cc2CNS)CCCO3)sc2c1CC(C)(C)CC2. The van der Waals surface area contributed by atoms with Gasteiger partial charge in [-0.2, -0.15) is 0 Å². The van der Waals surface area contributed by atoms with E-state index < -0.39 is 0 Å². The minimum atomic E-state index is 0.379. The number of ether oxygens (including phenoxy) is 1. The highest BCUT2D eigenvalue weighted by atomic mass is 32.1. The van der Waals surface area contributed by atoms with Crippen LogP contribution in [0.3, 0.4) is 0 Å². The molecule has 4 heteroatoms. The molecular weight excluding hydrogens is 382 g/mol. The first-order chi connectivity index (χ1) is 13.4. The molecule has 1 aliphatic heterocycles. The van der Waals surface area contributed by atoms with Crippen LogP contribution < -0.4 is 9.46 Å². The third kappa shape index (κ3) is 3.92. The first kappa shape index (κ1) is 20.1. The van der Waals surface area contributed by atoms with Crippen molar-refractivity contribution >= 4 is 24.2 Å². The Hall–Kier alpha value is -1.23. The number of nitrogens with one attached hydrogen (secondary N) is 1. The highest BCUT2D eigenvalue weighted by Gasteiger charge is 2.31. The normalized spacial score (nSPS) is 17.6. The Kier molecular flexibility index (Phi) is 5.65. The molecule has 0 bridgehead atoms. The Balaban J connectivity index is 1.89. The van der Waals surface area contributed by atoms with Crippen LogP contribution in [0.4, 0.5) is 0 Å². The van der Waals surface area contributed by atoms with Gasteiger partial charge >= 0.3 is 0 Å². The fourth-order valence-corrected chi connectivity index (χ4v) is 6.14. The van der Waals surface area contributed by atoms with Crippen molar-refractivity contribution in [2.24, 2.45) is 5.41 Å². The largest absolute Gasteiger partial charge is 0.493 e. The van der Waals surface area contributed by atoms with Crippen molar-refractivity contribution in [2.45, 2.75) is 65.8 Å². The average molecular weight is 414 g/mol. The van der Waals surface area contributed by atoms with Crippen LogP contribution in [0.5, 0.6) is 5.75 Å². The van der Waals surface area contributed by atoms with Crippen LogP contribution in [-0.4, -0.2) is 6.61 Å². The summed E-state index contributed by atoms with van der Waals surface area (Å²) in [6.45, 7) is 12.8. The second-order valence-corrected chi connectivity index (χ2v) is 10.6. The Morgan fingerprint density at radius 2 is 2.14 bits per heavy atom. The van der Waals surface area contributed by atoms with Gasteiger partial charge in [-0.1, -0.05) is 44.9 Å². The van der Waals surface area contributed by atoms with Gasteiger partial charge in [-0.15, -0.1) is 11.3 Å². The van der Waals surface area contributed by atoms with Crippen molar-refractivity contribution in [3.8, 4) is 16.2 Å². The summed E-state index contributed by atoms with van der Waals surface area (Å²) in [5.74, 6) is 1.07. The van der Waals surface area contributed by atoms with E-state index in [2.05, 4.69) is 57.0 Å². The summed E-state index contributed by atoms with van der Waals surface area (Å²) in [6.07, 6.45) is 6.79. The molecule has 2 heterocycles. The van der Waals surface area contributed by atoms with E-state index in [1.54, 1.807) is 10.4 Å². The predicted octanol–water partition coefficient (Wildman–Crippen LogP) is 6.31. The maximum absolute atomic E-state index is 6.02. The molecule has 1 aromatic carbocycles. The molecule has 0 saturated carbocycles. The highest BCUT2D eigenvalue weighted by Crippen LogP contribution is 2.47. The molecule has 2 aliphatic rings. The average Bonchev–Trinajstić information content (AvgIpc) is 2.97. The van der Waals surface area contributed by atoms with E-state index in [0.29, 0.717) is 5.41 Å². The van der Waals surface area contributed by atoms with Crippen molar-refractivity contribution in [1.82, 2.24) is 4.72 Å². The molecule has 1 aromatic heterocycles. The Morgan fingerprint density at radius 3 is 2.89 bits per heavy atom. The molecule has 1 N–H and O–H groups in total. The van der Waals surface area contributed by atoms with Crippen LogP contribution in [0.2, 0.25) is 0 Å². The van der Waals surface area contributed by atoms with Gasteiger partial charge < -0.3 is 4.74 Å². The van der Waals surface area contributed by atoms with Crippen molar-refractivity contribution in [3.63, 3.8) is 0 Å². The maximum atomic E-state index is 6.02. The number of rotatable bonds is 5. The van der Waals surface area contributed by atoms with Gasteiger partial charge in [-0.25, -0.2) is 0 Å². The molecule has 4 rings (SSSR count). The fraction of sp³-hybridized carbons (Fsp3) is 0.500. The molecule has 0 unspecified atom stereocenters. The van der Waals surface area contributed by atoms with E-state index >= 15 is 0 Å². The summed E-state index contributed by atoms with van der Waals surface area (Å²) >= 11 is 6.30. The zero-order valence-electron chi connectivity index (χ0n) is 17.3. The summed E-state index contributed by atoms with van der Waals surface area (Å²) in [7, 11) is 0. The van der Waals surface area contributed by atoms with Crippen LogP contribution in [0, 0.1) is 5.41 Å². The predicted molar refractivity (Wildman–Crippen MR) is 124 cm³/mol. The maximum Gasteiger partial charge on any atom is 0.123 e. The van der Waals surface area contributed by atoms with Gasteiger partial charge in [-0.05, 0) is 79.2 Å². The van der Waals surface area contributed by atoms with Crippen molar-refractivity contribution in [2.75, 3.05) is 6.61 Å². The molecule has 2 aromatic rings. The first-order valence-electron chi connectivity index (χ1n) is 10.3. The minimum Gasteiger partial charge on any atom is -0.493 e. The van der Waals surface area contributed by atoms with Gasteiger partial charge in [0, 0.05) is 21.9 Å². The van der Waals surface area contributed by atoms with E-state index in [1.165, 1.54) is 52.0 Å². The van der Waals surface area contributed by atoms with Gasteiger partial charge in [0.05, 0.1) is 6.61 Å². The molecule has 0 amide bonds. The smallest absolute Gasteiger partial charge is 0.123 e. The van der Waals surface area contributed by atoms with E-state index in [9.17, 15) is 0 Å². The van der Waals surface area contributed by atoms with Crippen molar-refractivity contribution in [3.05, 3.63) is 51.4 Å². The summed E-state index contributed by atoms with van der Waals surface area (Å²) in [6, 6.07) is 4.62. The summed E-state index contributed by atoms with van der Waals surface area (Å²) in [4.78, 5) is 3.00. The number of hydrogen-bond donors (Lipinski definition) is 2. The number of thiophene rings is 1. The summed E-state index contributed by atoms with van der Waals surface area (Å²) in [5, 5.41) is 0. The molecule has 0 saturated heterocycles. The summed E-state index contributed by atoms with van der Waals surface area (Å²) < 4.78 is 9.10. The molecule has 0 radical (unpaired) electrons. The highest BCUT2D eigenvalue weighted by molar-refractivity contribution is 7.78. The van der Waals surface area contributed by atoms with Gasteiger partial charge in [0.25, 0.3) is 0 Å². The van der Waals surface area contributed by atoms with Crippen LogP contribution in [0.25, 0.3) is 10.4 Å². The van der Waals surface area contributed by atoms with Gasteiger partial charge in [0.2, 0.25) is 0 Å². The van der Waals surface area contributed by atoms with Gasteiger partial charge in [0.1, 0.15) is 5.75 Å². The third-order valence-electron chi connectivity index (χ3n) is 6.01. The summed E-state index contributed by atoms with van der Waals surface area (Å²) in [5.41, 5.74) is 8.66. The Bertz CT molecular complexity index is 910. The zero-order valence-corrected chi connectivity index (χ0v) is 19.0. The molecule has 1 aliphatic carbocycles. The number of aryl methyl sites for hydroxylation is 2. The molecule has 2 nitrogen and oxygen atoms in total. The van der Waals surface area contributed by atoms with E-state index in [4.69, 9.17) is 4.74 Å². The Labute approximate surface area is 178 Å². The lowest BCUT2D eigenvalue weighted by Gasteiger charge is -2.30. The minimum absolute atomic E-state index is 0.379. The fourth-order valence-electron chi connectivity index (χ4n) is 4.58. The number of hydrogen-bond acceptors (Lipinski definition) is 4. The van der Waals surface area contributed by atoms with Gasteiger partial charge in [0.15, 0.2) is 0 Å². The standard InChI is InChI=1S/C24H31NOS2/c1-15(2)10-19-20-13-24(3,4)8-7-22(20)28-23(19)18-12-21-16(6-5-9-26-21)11-17(18)14-25-27/h11-12,25,27H,1,5-10,13-14H2,2-4H3. The van der Waals surface area contributed by atoms with Crippen molar-refractivity contribution < 1.29 is 4.74 Å². The number of allylic oxidation sites excluding steroid dienone is 1. The number of benzene rings is 1. The first-order valence-corrected chi connectivity index (χ1v) is 11.6. The van der Waals surface area contributed by atoms with E-state index in [1.807, 2.05) is 11.3 Å². The second-order valence-electron chi connectivity index (χ2n) is 9.19. The lowest BCUT2D eigenvalue weighted by molar-refractivity contribution is 0.288. The van der Waals surface area contributed by atoms with Crippen molar-refractivity contribution in [1.29, 1.82) is 0 Å². The zero-order chi connectivity index (χ0) is 19.9. The van der Waals surface area contributed by atoms with Crippen LogP contribution in [-0.2, 0) is 32.2 Å². The number of fused-ring (bicyclic) bond motifs is 2. The van der Waals surface area contributed by atoms with E-state index in [-0.39, 0.29) is 0 Å².